The number of alkyl halides is 3. The number of benzene rings is 1. The summed E-state index contributed by atoms with van der Waals surface area (Å²) in [5.41, 5.74) is -1.13. The number of hydrogen-bond donors (Lipinski definition) is 0. The number of hydrogen-bond acceptors (Lipinski definition) is 2. The van der Waals surface area contributed by atoms with Gasteiger partial charge in [0, 0.05) is 6.20 Å². The lowest BCUT2D eigenvalue weighted by Crippen LogP contribution is -2.09. The predicted molar refractivity (Wildman–Crippen MR) is 61.0 cm³/mol. The second-order valence-electron chi connectivity index (χ2n) is 3.44. The fourth-order valence-corrected chi connectivity index (χ4v) is 1.73. The molecule has 0 fully saturated rings. The minimum atomic E-state index is -4.56. The minimum Gasteiger partial charge on any atom is -0.240 e. The van der Waals surface area contributed by atoms with Crippen molar-refractivity contribution in [2.45, 2.75) is 6.18 Å². The number of rotatable bonds is 1. The van der Waals surface area contributed by atoms with Crippen molar-refractivity contribution in [1.29, 1.82) is 5.26 Å². The molecule has 0 saturated heterocycles. The van der Waals surface area contributed by atoms with Gasteiger partial charge in [0.15, 0.2) is 0 Å². The van der Waals surface area contributed by atoms with E-state index in [1.54, 1.807) is 0 Å². The summed E-state index contributed by atoms with van der Waals surface area (Å²) in [5.74, 6) is 0. The van der Waals surface area contributed by atoms with Gasteiger partial charge in [0.25, 0.3) is 0 Å². The Kier molecular flexibility index (Phi) is 3.13. The van der Waals surface area contributed by atoms with E-state index in [1.807, 2.05) is 0 Å². The third-order valence-corrected chi connectivity index (χ3v) is 2.65. The van der Waals surface area contributed by atoms with Gasteiger partial charge in [-0.2, -0.15) is 23.5 Å². The lowest BCUT2D eigenvalue weighted by Gasteiger charge is -2.10. The van der Waals surface area contributed by atoms with E-state index in [9.17, 15) is 13.2 Å². The number of halogens is 4. The molecule has 0 spiro atoms. The molecule has 0 aliphatic carbocycles. The smallest absolute Gasteiger partial charge is 0.240 e. The predicted octanol–water partition coefficient (Wildman–Crippen LogP) is 3.53. The normalized spacial score (nSPS) is 11.3. The molecule has 18 heavy (non-hydrogen) atoms. The third kappa shape index (κ3) is 2.38. The van der Waals surface area contributed by atoms with E-state index in [4.69, 9.17) is 5.26 Å². The average molecular weight is 316 g/mol. The summed E-state index contributed by atoms with van der Waals surface area (Å²) in [7, 11) is 0. The minimum absolute atomic E-state index is 0.243. The van der Waals surface area contributed by atoms with Crippen LogP contribution in [0.5, 0.6) is 0 Å². The highest BCUT2D eigenvalue weighted by Gasteiger charge is 2.34. The van der Waals surface area contributed by atoms with Gasteiger partial charge in [-0.05, 0) is 34.1 Å². The van der Waals surface area contributed by atoms with Crippen molar-refractivity contribution in [1.82, 2.24) is 9.78 Å². The Morgan fingerprint density at radius 1 is 1.33 bits per heavy atom. The van der Waals surface area contributed by atoms with Crippen molar-refractivity contribution in [2.24, 2.45) is 0 Å². The molecule has 0 N–H and O–H groups in total. The molecular weight excluding hydrogens is 311 g/mol. The van der Waals surface area contributed by atoms with Crippen LogP contribution in [-0.2, 0) is 6.18 Å². The van der Waals surface area contributed by atoms with Crippen LogP contribution >= 0.6 is 15.9 Å². The van der Waals surface area contributed by atoms with Crippen molar-refractivity contribution in [3.8, 4) is 11.8 Å². The molecule has 2 rings (SSSR count). The third-order valence-electron chi connectivity index (χ3n) is 2.24. The van der Waals surface area contributed by atoms with Crippen LogP contribution < -0.4 is 0 Å². The molecule has 1 aromatic heterocycles. The van der Waals surface area contributed by atoms with E-state index in [-0.39, 0.29) is 5.69 Å². The van der Waals surface area contributed by atoms with E-state index in [2.05, 4.69) is 21.0 Å². The molecule has 0 aliphatic rings. The van der Waals surface area contributed by atoms with E-state index in [0.717, 1.165) is 12.1 Å². The maximum atomic E-state index is 12.7. The van der Waals surface area contributed by atoms with Gasteiger partial charge in [-0.25, -0.2) is 4.68 Å². The molecule has 2 aromatic rings. The molecule has 0 amide bonds. The van der Waals surface area contributed by atoms with Crippen LogP contribution in [0.2, 0.25) is 0 Å². The Balaban J connectivity index is 2.57. The first-order valence-corrected chi connectivity index (χ1v) is 5.53. The standard InChI is InChI=1S/C11H5BrF3N3/c12-8-5-17-18(6-8)9-2-1-7(4-16)10(3-9)11(13,14)15/h1-3,5-6H. The van der Waals surface area contributed by atoms with Crippen LogP contribution in [-0.4, -0.2) is 9.78 Å². The van der Waals surface area contributed by atoms with Gasteiger partial charge in [-0.3, -0.25) is 0 Å². The average Bonchev–Trinajstić information content (AvgIpc) is 2.74. The molecular formula is C11H5BrF3N3. The van der Waals surface area contributed by atoms with Crippen LogP contribution in [0.15, 0.2) is 35.1 Å². The van der Waals surface area contributed by atoms with Gasteiger partial charge < -0.3 is 0 Å². The van der Waals surface area contributed by atoms with Crippen LogP contribution in [0, 0.1) is 11.3 Å². The van der Waals surface area contributed by atoms with Crippen molar-refractivity contribution >= 4 is 15.9 Å². The van der Waals surface area contributed by atoms with Crippen LogP contribution in [0.4, 0.5) is 13.2 Å². The number of aromatic nitrogens is 2. The Morgan fingerprint density at radius 2 is 2.06 bits per heavy atom. The molecule has 0 atom stereocenters. The largest absolute Gasteiger partial charge is 0.417 e. The highest BCUT2D eigenvalue weighted by atomic mass is 79.9. The Bertz CT molecular complexity index is 625. The molecule has 92 valence electrons. The van der Waals surface area contributed by atoms with Crippen molar-refractivity contribution < 1.29 is 13.2 Å². The molecule has 0 radical (unpaired) electrons. The van der Waals surface area contributed by atoms with Crippen molar-refractivity contribution in [3.63, 3.8) is 0 Å². The maximum Gasteiger partial charge on any atom is 0.417 e. The fourth-order valence-electron chi connectivity index (χ4n) is 1.45. The summed E-state index contributed by atoms with van der Waals surface area (Å²) in [6.45, 7) is 0. The Morgan fingerprint density at radius 3 is 2.56 bits per heavy atom. The first-order chi connectivity index (χ1) is 8.41. The molecule has 0 aliphatic heterocycles. The van der Waals surface area contributed by atoms with Gasteiger partial charge in [0.2, 0.25) is 0 Å². The summed E-state index contributed by atoms with van der Waals surface area (Å²) in [6.07, 6.45) is -1.57. The summed E-state index contributed by atoms with van der Waals surface area (Å²) in [6, 6.07) is 4.97. The second kappa shape index (κ2) is 4.46. The van der Waals surface area contributed by atoms with Gasteiger partial charge >= 0.3 is 6.18 Å². The molecule has 7 heteroatoms. The molecule has 1 heterocycles. The van der Waals surface area contributed by atoms with E-state index < -0.39 is 17.3 Å². The van der Waals surface area contributed by atoms with E-state index in [0.29, 0.717) is 4.47 Å². The van der Waals surface area contributed by atoms with Crippen LogP contribution in [0.1, 0.15) is 11.1 Å². The highest BCUT2D eigenvalue weighted by Crippen LogP contribution is 2.33. The molecule has 3 nitrogen and oxygen atoms in total. The zero-order valence-corrected chi connectivity index (χ0v) is 10.3. The van der Waals surface area contributed by atoms with E-state index >= 15 is 0 Å². The lowest BCUT2D eigenvalue weighted by atomic mass is 10.1. The lowest BCUT2D eigenvalue weighted by molar-refractivity contribution is -0.137. The van der Waals surface area contributed by atoms with E-state index in [1.165, 1.54) is 29.2 Å². The van der Waals surface area contributed by atoms with Gasteiger partial charge in [-0.1, -0.05) is 0 Å². The van der Waals surface area contributed by atoms with Gasteiger partial charge in [0.05, 0.1) is 33.6 Å². The first kappa shape index (κ1) is 12.6. The maximum absolute atomic E-state index is 12.7. The summed E-state index contributed by atoms with van der Waals surface area (Å²) < 4.78 is 40.2. The topological polar surface area (TPSA) is 41.6 Å². The summed E-state index contributed by atoms with van der Waals surface area (Å²) in [4.78, 5) is 0. The Hall–Kier alpha value is -1.81. The summed E-state index contributed by atoms with van der Waals surface area (Å²) >= 11 is 3.16. The zero-order valence-electron chi connectivity index (χ0n) is 8.74. The quantitative estimate of drug-likeness (QED) is 0.808. The molecule has 0 unspecified atom stereocenters. The van der Waals surface area contributed by atoms with Crippen LogP contribution in [0.25, 0.3) is 5.69 Å². The monoisotopic (exact) mass is 315 g/mol. The molecule has 1 aromatic carbocycles. The summed E-state index contributed by atoms with van der Waals surface area (Å²) in [5, 5.41) is 12.6. The van der Waals surface area contributed by atoms with Crippen molar-refractivity contribution in [3.05, 3.63) is 46.2 Å². The first-order valence-electron chi connectivity index (χ1n) is 4.73. The highest BCUT2D eigenvalue weighted by molar-refractivity contribution is 9.10. The SMILES string of the molecule is N#Cc1ccc(-n2cc(Br)cn2)cc1C(F)(F)F. The number of nitriles is 1. The number of nitrogens with zero attached hydrogens (tertiary/aromatic N) is 3. The molecule has 0 saturated carbocycles. The Labute approximate surface area is 109 Å². The molecule has 0 bridgehead atoms. The van der Waals surface area contributed by atoms with Gasteiger partial charge in [0.1, 0.15) is 0 Å². The zero-order chi connectivity index (χ0) is 13.3. The second-order valence-corrected chi connectivity index (χ2v) is 4.36. The van der Waals surface area contributed by atoms with Crippen molar-refractivity contribution in [2.75, 3.05) is 0 Å². The fraction of sp³-hybridized carbons (Fsp3) is 0.0909. The van der Waals surface area contributed by atoms with Crippen LogP contribution in [0.3, 0.4) is 0 Å². The van der Waals surface area contributed by atoms with Gasteiger partial charge in [-0.15, -0.1) is 0 Å².